The molecule has 0 radical (unpaired) electrons. The van der Waals surface area contributed by atoms with Crippen molar-refractivity contribution in [2.24, 2.45) is 0 Å². The lowest BCUT2D eigenvalue weighted by Crippen LogP contribution is -2.19. The third-order valence-electron chi connectivity index (χ3n) is 3.85. The maximum absolute atomic E-state index is 12.0. The molecule has 0 aliphatic heterocycles. The first-order valence-electron chi connectivity index (χ1n) is 8.66. The Morgan fingerprint density at radius 3 is 2.89 bits per heavy atom. The standard InChI is InChI=1S/C20H20N2O4S2/c1-13-22-17(12-27-13)18-8-7-16(28-18)11-21-19(23)9-5-14-3-4-15(26-14)6-10-20(24)25-2/h3-5,7-9,12H,6,10-11H2,1-2H3,(H,21,23)/b9-5+. The number of ether oxygens (including phenoxy) is 1. The Balaban J connectivity index is 1.47. The highest BCUT2D eigenvalue weighted by atomic mass is 32.1. The molecular weight excluding hydrogens is 396 g/mol. The van der Waals surface area contributed by atoms with Crippen LogP contribution in [0, 0.1) is 6.92 Å². The summed E-state index contributed by atoms with van der Waals surface area (Å²) in [6.45, 7) is 2.44. The summed E-state index contributed by atoms with van der Waals surface area (Å²) >= 11 is 3.24. The van der Waals surface area contributed by atoms with Crippen molar-refractivity contribution in [3.05, 3.63) is 57.1 Å². The molecule has 0 aromatic carbocycles. The zero-order valence-electron chi connectivity index (χ0n) is 15.6. The summed E-state index contributed by atoms with van der Waals surface area (Å²) < 4.78 is 10.2. The van der Waals surface area contributed by atoms with Gasteiger partial charge in [0.2, 0.25) is 5.91 Å². The van der Waals surface area contributed by atoms with Gasteiger partial charge in [0.05, 0.1) is 35.7 Å². The van der Waals surface area contributed by atoms with E-state index in [0.717, 1.165) is 20.5 Å². The van der Waals surface area contributed by atoms with Crippen LogP contribution in [0.4, 0.5) is 0 Å². The van der Waals surface area contributed by atoms with Crippen LogP contribution in [0.2, 0.25) is 0 Å². The molecule has 3 heterocycles. The summed E-state index contributed by atoms with van der Waals surface area (Å²) in [6.07, 6.45) is 3.76. The first kappa shape index (κ1) is 20.0. The molecule has 0 spiro atoms. The van der Waals surface area contributed by atoms with Gasteiger partial charge in [-0.3, -0.25) is 9.59 Å². The van der Waals surface area contributed by atoms with Gasteiger partial charge in [-0.05, 0) is 37.3 Å². The first-order valence-corrected chi connectivity index (χ1v) is 10.4. The average Bonchev–Trinajstić information content (AvgIpc) is 3.43. The summed E-state index contributed by atoms with van der Waals surface area (Å²) in [7, 11) is 1.36. The van der Waals surface area contributed by atoms with Gasteiger partial charge in [-0.2, -0.15) is 0 Å². The minimum absolute atomic E-state index is 0.202. The Morgan fingerprint density at radius 1 is 1.29 bits per heavy atom. The molecule has 0 saturated carbocycles. The van der Waals surface area contributed by atoms with Crippen molar-refractivity contribution in [1.29, 1.82) is 0 Å². The molecule has 1 N–H and O–H groups in total. The Kier molecular flexibility index (Phi) is 6.78. The topological polar surface area (TPSA) is 81.4 Å². The number of thiophene rings is 1. The predicted octanol–water partition coefficient (Wildman–Crippen LogP) is 4.21. The van der Waals surface area contributed by atoms with Gasteiger partial charge in [-0.1, -0.05) is 0 Å². The number of aromatic nitrogens is 1. The number of amides is 1. The highest BCUT2D eigenvalue weighted by Crippen LogP contribution is 2.28. The monoisotopic (exact) mass is 416 g/mol. The molecule has 3 aromatic heterocycles. The molecule has 0 saturated heterocycles. The highest BCUT2D eigenvalue weighted by Gasteiger charge is 2.07. The van der Waals surface area contributed by atoms with E-state index in [1.807, 2.05) is 24.4 Å². The maximum atomic E-state index is 12.0. The van der Waals surface area contributed by atoms with Crippen LogP contribution in [0.3, 0.4) is 0 Å². The van der Waals surface area contributed by atoms with Gasteiger partial charge in [-0.25, -0.2) is 4.98 Å². The fourth-order valence-electron chi connectivity index (χ4n) is 2.42. The van der Waals surface area contributed by atoms with Crippen molar-refractivity contribution in [1.82, 2.24) is 10.3 Å². The first-order chi connectivity index (χ1) is 13.5. The molecule has 3 rings (SSSR count). The van der Waals surface area contributed by atoms with Gasteiger partial charge in [0.15, 0.2) is 0 Å². The summed E-state index contributed by atoms with van der Waals surface area (Å²) in [6, 6.07) is 7.57. The molecule has 0 atom stereocenters. The van der Waals surface area contributed by atoms with E-state index in [1.54, 1.807) is 40.9 Å². The third kappa shape index (κ3) is 5.64. The van der Waals surface area contributed by atoms with Crippen molar-refractivity contribution >= 4 is 40.6 Å². The van der Waals surface area contributed by atoms with Crippen LogP contribution >= 0.6 is 22.7 Å². The number of rotatable bonds is 8. The lowest BCUT2D eigenvalue weighted by atomic mass is 10.2. The predicted molar refractivity (Wildman–Crippen MR) is 110 cm³/mol. The number of hydrogen-bond acceptors (Lipinski definition) is 7. The number of furan rings is 1. The fraction of sp³-hybridized carbons (Fsp3) is 0.250. The Bertz CT molecular complexity index is 984. The number of aryl methyl sites for hydroxylation is 2. The Labute approximate surface area is 170 Å². The molecule has 28 heavy (non-hydrogen) atoms. The van der Waals surface area contributed by atoms with E-state index in [9.17, 15) is 9.59 Å². The molecule has 0 fully saturated rings. The van der Waals surface area contributed by atoms with E-state index in [1.165, 1.54) is 13.2 Å². The van der Waals surface area contributed by atoms with Crippen LogP contribution in [0.15, 0.2) is 40.1 Å². The number of nitrogens with one attached hydrogen (secondary N) is 1. The normalized spacial score (nSPS) is 11.1. The summed E-state index contributed by atoms with van der Waals surface area (Å²) in [5.41, 5.74) is 0.978. The van der Waals surface area contributed by atoms with Crippen LogP contribution in [-0.4, -0.2) is 24.0 Å². The largest absolute Gasteiger partial charge is 0.469 e. The number of carbonyl (C=O) groups excluding carboxylic acids is 2. The van der Waals surface area contributed by atoms with Crippen LogP contribution < -0.4 is 5.32 Å². The SMILES string of the molecule is COC(=O)CCc1ccc(/C=C/C(=O)NCc2ccc(-c3csc(C)n3)s2)o1. The average molecular weight is 417 g/mol. The van der Waals surface area contributed by atoms with Gasteiger partial charge in [0, 0.05) is 22.8 Å². The molecule has 0 aliphatic rings. The quantitative estimate of drug-likeness (QED) is 0.439. The van der Waals surface area contributed by atoms with Crippen LogP contribution in [0.25, 0.3) is 16.6 Å². The summed E-state index contributed by atoms with van der Waals surface area (Å²) in [5, 5.41) is 5.93. The van der Waals surface area contributed by atoms with E-state index in [0.29, 0.717) is 24.5 Å². The Hall–Kier alpha value is -2.71. The number of nitrogens with zero attached hydrogens (tertiary/aromatic N) is 1. The van der Waals surface area contributed by atoms with Gasteiger partial charge in [-0.15, -0.1) is 22.7 Å². The second-order valence-electron chi connectivity index (χ2n) is 5.95. The number of methoxy groups -OCH3 is 1. The zero-order chi connectivity index (χ0) is 19.9. The molecule has 3 aromatic rings. The van der Waals surface area contributed by atoms with Gasteiger partial charge in [0.25, 0.3) is 0 Å². The van der Waals surface area contributed by atoms with E-state index in [-0.39, 0.29) is 18.3 Å². The third-order valence-corrected chi connectivity index (χ3v) is 5.74. The molecular formula is C20H20N2O4S2. The fourth-order valence-corrected chi connectivity index (χ4v) is 4.02. The smallest absolute Gasteiger partial charge is 0.305 e. The highest BCUT2D eigenvalue weighted by molar-refractivity contribution is 7.16. The van der Waals surface area contributed by atoms with Crippen LogP contribution in [0.5, 0.6) is 0 Å². The molecule has 8 heteroatoms. The minimum Gasteiger partial charge on any atom is -0.469 e. The zero-order valence-corrected chi connectivity index (χ0v) is 17.2. The molecule has 0 aliphatic carbocycles. The second kappa shape index (κ2) is 9.48. The van der Waals surface area contributed by atoms with Crippen LogP contribution in [-0.2, 0) is 27.3 Å². The number of thiazole rings is 1. The maximum Gasteiger partial charge on any atom is 0.305 e. The molecule has 0 unspecified atom stereocenters. The summed E-state index contributed by atoms with van der Waals surface area (Å²) in [5.74, 6) is 0.752. The van der Waals surface area contributed by atoms with Gasteiger partial charge >= 0.3 is 5.97 Å². The summed E-state index contributed by atoms with van der Waals surface area (Å²) in [4.78, 5) is 29.8. The van der Waals surface area contributed by atoms with E-state index in [4.69, 9.17) is 4.42 Å². The van der Waals surface area contributed by atoms with Gasteiger partial charge in [0.1, 0.15) is 11.5 Å². The Morgan fingerprint density at radius 2 is 2.14 bits per heavy atom. The van der Waals surface area contributed by atoms with Crippen molar-refractivity contribution < 1.29 is 18.7 Å². The van der Waals surface area contributed by atoms with E-state index < -0.39 is 0 Å². The number of hydrogen-bond donors (Lipinski definition) is 1. The lowest BCUT2D eigenvalue weighted by Gasteiger charge is -1.99. The molecule has 6 nitrogen and oxygen atoms in total. The minimum atomic E-state index is -0.283. The van der Waals surface area contributed by atoms with Crippen molar-refractivity contribution in [2.45, 2.75) is 26.3 Å². The molecule has 146 valence electrons. The van der Waals surface area contributed by atoms with E-state index >= 15 is 0 Å². The van der Waals surface area contributed by atoms with Crippen molar-refractivity contribution in [2.75, 3.05) is 7.11 Å². The molecule has 0 bridgehead atoms. The number of esters is 1. The van der Waals surface area contributed by atoms with Crippen molar-refractivity contribution in [3.63, 3.8) is 0 Å². The van der Waals surface area contributed by atoms with Crippen LogP contribution in [0.1, 0.15) is 27.8 Å². The molecule has 1 amide bonds. The van der Waals surface area contributed by atoms with Crippen molar-refractivity contribution in [3.8, 4) is 10.6 Å². The van der Waals surface area contributed by atoms with E-state index in [2.05, 4.69) is 15.0 Å². The lowest BCUT2D eigenvalue weighted by molar-refractivity contribution is -0.140. The van der Waals surface area contributed by atoms with Gasteiger partial charge < -0.3 is 14.5 Å². The number of carbonyl (C=O) groups is 2. The second-order valence-corrected chi connectivity index (χ2v) is 8.18.